The van der Waals surface area contributed by atoms with Crippen LogP contribution in [0, 0.1) is 20.8 Å². The van der Waals surface area contributed by atoms with Crippen LogP contribution in [0.5, 0.6) is 0 Å². The molecule has 3 heteroatoms. The second-order valence-corrected chi connectivity index (χ2v) is 5.56. The van der Waals surface area contributed by atoms with Gasteiger partial charge in [0.2, 0.25) is 0 Å². The molecule has 0 aliphatic heterocycles. The first kappa shape index (κ1) is 13.8. The maximum absolute atomic E-state index is 6.27. The van der Waals surface area contributed by atoms with E-state index in [1.165, 1.54) is 22.4 Å². The second kappa shape index (κ2) is 5.57. The summed E-state index contributed by atoms with van der Waals surface area (Å²) in [4.78, 5) is 0. The molecule has 0 aliphatic rings. The number of aryl methyl sites for hydroxylation is 4. The Morgan fingerprint density at radius 1 is 1.05 bits per heavy atom. The van der Waals surface area contributed by atoms with Crippen molar-refractivity contribution in [3.05, 3.63) is 52.3 Å². The molecule has 0 radical (unpaired) electrons. The van der Waals surface area contributed by atoms with Crippen molar-refractivity contribution in [3.63, 3.8) is 0 Å². The fourth-order valence-corrected chi connectivity index (χ4v) is 2.69. The fourth-order valence-electron chi connectivity index (χ4n) is 2.69. The molecule has 0 saturated carbocycles. The van der Waals surface area contributed by atoms with Crippen molar-refractivity contribution in [1.29, 1.82) is 0 Å². The maximum Gasteiger partial charge on any atom is 0.0596 e. The molecule has 0 amide bonds. The molecule has 1 unspecified atom stereocenters. The highest BCUT2D eigenvalue weighted by atomic mass is 15.3. The van der Waals surface area contributed by atoms with Gasteiger partial charge in [-0.25, -0.2) is 0 Å². The monoisotopic (exact) mass is 257 g/mol. The molecule has 1 atom stereocenters. The van der Waals surface area contributed by atoms with Crippen LogP contribution in [-0.4, -0.2) is 15.8 Å². The quantitative estimate of drug-likeness (QED) is 0.914. The molecule has 0 fully saturated rings. The van der Waals surface area contributed by atoms with Crippen molar-refractivity contribution in [1.82, 2.24) is 9.78 Å². The summed E-state index contributed by atoms with van der Waals surface area (Å²) in [7, 11) is 1.98. The molecule has 102 valence electrons. The third kappa shape index (κ3) is 3.67. The van der Waals surface area contributed by atoms with Gasteiger partial charge in [-0.15, -0.1) is 0 Å². The predicted molar refractivity (Wildman–Crippen MR) is 79.2 cm³/mol. The molecular formula is C16H23N3. The molecule has 1 aromatic heterocycles. The number of hydrogen-bond acceptors (Lipinski definition) is 2. The Morgan fingerprint density at radius 3 is 2.21 bits per heavy atom. The topological polar surface area (TPSA) is 43.8 Å². The van der Waals surface area contributed by atoms with Gasteiger partial charge in [0.05, 0.1) is 5.69 Å². The lowest BCUT2D eigenvalue weighted by Gasteiger charge is -2.13. The van der Waals surface area contributed by atoms with E-state index in [1.54, 1.807) is 0 Å². The number of rotatable bonds is 4. The molecule has 19 heavy (non-hydrogen) atoms. The molecule has 2 rings (SSSR count). The summed E-state index contributed by atoms with van der Waals surface area (Å²) in [6.45, 7) is 6.28. The van der Waals surface area contributed by atoms with Gasteiger partial charge in [-0.2, -0.15) is 5.10 Å². The van der Waals surface area contributed by atoms with E-state index in [0.717, 1.165) is 18.5 Å². The zero-order valence-electron chi connectivity index (χ0n) is 12.3. The van der Waals surface area contributed by atoms with Gasteiger partial charge in [-0.05, 0) is 38.8 Å². The third-order valence-electron chi connectivity index (χ3n) is 3.35. The SMILES string of the molecule is Cc1cc(C)cc(CC(N)Cc2cc(C)nn2C)c1. The minimum absolute atomic E-state index is 0.135. The van der Waals surface area contributed by atoms with Crippen LogP contribution in [0.15, 0.2) is 24.3 Å². The average Bonchev–Trinajstić information content (AvgIpc) is 2.55. The zero-order valence-corrected chi connectivity index (χ0v) is 12.3. The largest absolute Gasteiger partial charge is 0.327 e. The van der Waals surface area contributed by atoms with Gasteiger partial charge in [-0.1, -0.05) is 29.3 Å². The van der Waals surface area contributed by atoms with Crippen LogP contribution in [0.25, 0.3) is 0 Å². The lowest BCUT2D eigenvalue weighted by molar-refractivity contribution is 0.612. The Kier molecular flexibility index (Phi) is 4.05. The molecule has 0 bridgehead atoms. The molecule has 3 nitrogen and oxygen atoms in total. The number of hydrogen-bond donors (Lipinski definition) is 1. The van der Waals surface area contributed by atoms with Crippen LogP contribution >= 0.6 is 0 Å². The van der Waals surface area contributed by atoms with Crippen LogP contribution in [0.4, 0.5) is 0 Å². The van der Waals surface area contributed by atoms with E-state index >= 15 is 0 Å². The summed E-state index contributed by atoms with van der Waals surface area (Å²) in [5.74, 6) is 0. The van der Waals surface area contributed by atoms with Gasteiger partial charge < -0.3 is 5.73 Å². The second-order valence-electron chi connectivity index (χ2n) is 5.56. The number of benzene rings is 1. The maximum atomic E-state index is 6.27. The van der Waals surface area contributed by atoms with Gasteiger partial charge in [0.25, 0.3) is 0 Å². The van der Waals surface area contributed by atoms with E-state index in [-0.39, 0.29) is 6.04 Å². The minimum Gasteiger partial charge on any atom is -0.327 e. The summed E-state index contributed by atoms with van der Waals surface area (Å²) < 4.78 is 1.93. The van der Waals surface area contributed by atoms with E-state index in [2.05, 4.69) is 43.2 Å². The molecule has 2 N–H and O–H groups in total. The van der Waals surface area contributed by atoms with Crippen molar-refractivity contribution >= 4 is 0 Å². The summed E-state index contributed by atoms with van der Waals surface area (Å²) in [6.07, 6.45) is 1.77. The molecule has 1 aromatic carbocycles. The molecule has 1 heterocycles. The van der Waals surface area contributed by atoms with Crippen LogP contribution in [0.2, 0.25) is 0 Å². The molecular weight excluding hydrogens is 234 g/mol. The van der Waals surface area contributed by atoms with E-state index in [0.29, 0.717) is 0 Å². The van der Waals surface area contributed by atoms with Crippen LogP contribution in [0.3, 0.4) is 0 Å². The Bertz CT molecular complexity index is 549. The number of aromatic nitrogens is 2. The third-order valence-corrected chi connectivity index (χ3v) is 3.35. The van der Waals surface area contributed by atoms with Gasteiger partial charge >= 0.3 is 0 Å². The van der Waals surface area contributed by atoms with Crippen molar-refractivity contribution < 1.29 is 0 Å². The van der Waals surface area contributed by atoms with Crippen molar-refractivity contribution in [3.8, 4) is 0 Å². The van der Waals surface area contributed by atoms with E-state index in [1.807, 2.05) is 18.7 Å². The van der Waals surface area contributed by atoms with E-state index < -0.39 is 0 Å². The summed E-state index contributed by atoms with van der Waals surface area (Å²) in [6, 6.07) is 8.89. The first-order valence-electron chi connectivity index (χ1n) is 6.76. The number of nitrogens with two attached hydrogens (primary N) is 1. The molecule has 0 saturated heterocycles. The van der Waals surface area contributed by atoms with Crippen molar-refractivity contribution in [2.24, 2.45) is 12.8 Å². The Labute approximate surface area is 115 Å². The van der Waals surface area contributed by atoms with Crippen molar-refractivity contribution in [2.45, 2.75) is 39.7 Å². The zero-order chi connectivity index (χ0) is 14.0. The summed E-state index contributed by atoms with van der Waals surface area (Å²) in [5, 5.41) is 4.36. The van der Waals surface area contributed by atoms with Gasteiger partial charge in [-0.3, -0.25) is 4.68 Å². The normalized spacial score (nSPS) is 12.7. The summed E-state index contributed by atoms with van der Waals surface area (Å²) >= 11 is 0. The lowest BCUT2D eigenvalue weighted by Crippen LogP contribution is -2.26. The molecule has 0 spiro atoms. The van der Waals surface area contributed by atoms with Gasteiger partial charge in [0.1, 0.15) is 0 Å². The predicted octanol–water partition coefficient (Wildman–Crippen LogP) is 2.46. The van der Waals surface area contributed by atoms with Crippen molar-refractivity contribution in [2.75, 3.05) is 0 Å². The average molecular weight is 257 g/mol. The standard InChI is InChI=1S/C16H23N3/c1-11-5-12(2)7-14(6-11)9-15(17)10-16-8-13(3)18-19(16)4/h5-8,15H,9-10,17H2,1-4H3. The first-order valence-corrected chi connectivity index (χ1v) is 6.76. The molecule has 2 aromatic rings. The van der Waals surface area contributed by atoms with Crippen LogP contribution in [-0.2, 0) is 19.9 Å². The van der Waals surface area contributed by atoms with Gasteiger partial charge in [0.15, 0.2) is 0 Å². The Hall–Kier alpha value is -1.61. The molecule has 0 aliphatic carbocycles. The van der Waals surface area contributed by atoms with Gasteiger partial charge in [0, 0.05) is 25.2 Å². The van der Waals surface area contributed by atoms with Crippen LogP contribution < -0.4 is 5.73 Å². The number of nitrogens with zero attached hydrogens (tertiary/aromatic N) is 2. The highest BCUT2D eigenvalue weighted by Gasteiger charge is 2.10. The van der Waals surface area contributed by atoms with E-state index in [9.17, 15) is 0 Å². The Balaban J connectivity index is 2.05. The Morgan fingerprint density at radius 2 is 1.68 bits per heavy atom. The minimum atomic E-state index is 0.135. The highest BCUT2D eigenvalue weighted by molar-refractivity contribution is 5.29. The lowest BCUT2D eigenvalue weighted by atomic mass is 9.99. The first-order chi connectivity index (χ1) is 8.94. The fraction of sp³-hybridized carbons (Fsp3) is 0.438. The van der Waals surface area contributed by atoms with Crippen LogP contribution in [0.1, 0.15) is 28.1 Å². The van der Waals surface area contributed by atoms with E-state index in [4.69, 9.17) is 5.73 Å². The summed E-state index contributed by atoms with van der Waals surface area (Å²) in [5.41, 5.74) is 12.5. The smallest absolute Gasteiger partial charge is 0.0596 e. The highest BCUT2D eigenvalue weighted by Crippen LogP contribution is 2.12.